The van der Waals surface area contributed by atoms with Crippen LogP contribution in [0.3, 0.4) is 0 Å². The molecule has 0 saturated heterocycles. The second-order valence-corrected chi connectivity index (χ2v) is 7.25. The molecule has 0 aromatic carbocycles. The summed E-state index contributed by atoms with van der Waals surface area (Å²) >= 11 is 1.57. The van der Waals surface area contributed by atoms with E-state index >= 15 is 0 Å². The highest BCUT2D eigenvalue weighted by Crippen LogP contribution is 2.28. The third kappa shape index (κ3) is 3.39. The Balaban J connectivity index is 1.86. The Kier molecular flexibility index (Phi) is 5.17. The quantitative estimate of drug-likeness (QED) is 0.485. The molecule has 0 unspecified atom stereocenters. The molecule has 0 radical (unpaired) electrons. The number of hydrogen-bond acceptors (Lipinski definition) is 7. The number of hydrogen-bond donors (Lipinski definition) is 0. The van der Waals surface area contributed by atoms with Crippen LogP contribution in [0.25, 0.3) is 5.65 Å². The van der Waals surface area contributed by atoms with Gasteiger partial charge in [0.05, 0.1) is 12.8 Å². The molecular formula is C17H22N6O2S. The van der Waals surface area contributed by atoms with E-state index in [4.69, 9.17) is 4.74 Å². The van der Waals surface area contributed by atoms with E-state index in [1.165, 1.54) is 7.11 Å². The van der Waals surface area contributed by atoms with Crippen LogP contribution in [0, 0.1) is 0 Å². The van der Waals surface area contributed by atoms with Gasteiger partial charge >= 0.3 is 5.97 Å². The van der Waals surface area contributed by atoms with Crippen LogP contribution in [-0.4, -0.2) is 51.3 Å². The van der Waals surface area contributed by atoms with Gasteiger partial charge in [0.1, 0.15) is 5.56 Å². The lowest BCUT2D eigenvalue weighted by atomic mass is 10.3. The number of anilines is 1. The van der Waals surface area contributed by atoms with Gasteiger partial charge in [0.2, 0.25) is 5.95 Å². The molecule has 0 spiro atoms. The predicted molar refractivity (Wildman–Crippen MR) is 101 cm³/mol. The SMILES string of the molecule is COC(=O)c1cccn2cc(CSc3nnc(N(C)C)n3C(C)C)nc12. The van der Waals surface area contributed by atoms with E-state index < -0.39 is 5.97 Å². The summed E-state index contributed by atoms with van der Waals surface area (Å²) in [5.74, 6) is 1.06. The van der Waals surface area contributed by atoms with E-state index in [1.807, 2.05) is 35.8 Å². The van der Waals surface area contributed by atoms with Crippen molar-refractivity contribution in [3.8, 4) is 0 Å². The molecule has 0 amide bonds. The van der Waals surface area contributed by atoms with Crippen LogP contribution < -0.4 is 4.90 Å². The van der Waals surface area contributed by atoms with E-state index in [9.17, 15) is 4.79 Å². The fraction of sp³-hybridized carbons (Fsp3) is 0.412. The molecule has 0 bridgehead atoms. The molecule has 0 N–H and O–H groups in total. The van der Waals surface area contributed by atoms with Crippen molar-refractivity contribution >= 4 is 29.3 Å². The molecule has 0 atom stereocenters. The van der Waals surface area contributed by atoms with Crippen LogP contribution in [0.4, 0.5) is 5.95 Å². The zero-order valence-corrected chi connectivity index (χ0v) is 16.3. The summed E-state index contributed by atoms with van der Waals surface area (Å²) in [5, 5.41) is 9.43. The number of aromatic nitrogens is 5. The molecular weight excluding hydrogens is 352 g/mol. The number of imidazole rings is 1. The monoisotopic (exact) mass is 374 g/mol. The van der Waals surface area contributed by atoms with E-state index in [1.54, 1.807) is 23.9 Å². The predicted octanol–water partition coefficient (Wildman–Crippen LogP) is 2.65. The van der Waals surface area contributed by atoms with Crippen molar-refractivity contribution in [3.05, 3.63) is 35.8 Å². The molecule has 3 heterocycles. The Morgan fingerprint density at radius 1 is 1.35 bits per heavy atom. The van der Waals surface area contributed by atoms with Gasteiger partial charge < -0.3 is 14.0 Å². The summed E-state index contributed by atoms with van der Waals surface area (Å²) in [7, 11) is 5.27. The molecule has 0 fully saturated rings. The molecule has 26 heavy (non-hydrogen) atoms. The molecule has 3 rings (SSSR count). The van der Waals surface area contributed by atoms with Crippen LogP contribution in [0.15, 0.2) is 29.7 Å². The second kappa shape index (κ2) is 7.36. The minimum atomic E-state index is -0.393. The molecule has 0 aliphatic heterocycles. The van der Waals surface area contributed by atoms with Crippen molar-refractivity contribution in [2.45, 2.75) is 30.8 Å². The average molecular weight is 374 g/mol. The first-order chi connectivity index (χ1) is 12.4. The summed E-state index contributed by atoms with van der Waals surface area (Å²) in [6.45, 7) is 4.21. The molecule has 8 nitrogen and oxygen atoms in total. The highest BCUT2D eigenvalue weighted by Gasteiger charge is 2.18. The van der Waals surface area contributed by atoms with Gasteiger partial charge in [-0.15, -0.1) is 10.2 Å². The summed E-state index contributed by atoms with van der Waals surface area (Å²) in [6, 6.07) is 3.76. The first kappa shape index (κ1) is 18.2. The van der Waals surface area contributed by atoms with E-state index in [0.29, 0.717) is 17.0 Å². The van der Waals surface area contributed by atoms with Crippen molar-refractivity contribution in [2.24, 2.45) is 0 Å². The lowest BCUT2D eigenvalue weighted by Crippen LogP contribution is -2.17. The number of esters is 1. The van der Waals surface area contributed by atoms with Crippen molar-refractivity contribution in [1.82, 2.24) is 24.1 Å². The highest BCUT2D eigenvalue weighted by atomic mass is 32.2. The Morgan fingerprint density at radius 3 is 2.77 bits per heavy atom. The van der Waals surface area contributed by atoms with Gasteiger partial charge in [-0.3, -0.25) is 4.57 Å². The maximum absolute atomic E-state index is 11.9. The average Bonchev–Trinajstić information content (AvgIpc) is 3.22. The third-order valence-electron chi connectivity index (χ3n) is 3.85. The minimum absolute atomic E-state index is 0.247. The van der Waals surface area contributed by atoms with E-state index in [2.05, 4.69) is 33.6 Å². The van der Waals surface area contributed by atoms with Crippen molar-refractivity contribution < 1.29 is 9.53 Å². The topological polar surface area (TPSA) is 77.5 Å². The van der Waals surface area contributed by atoms with E-state index in [0.717, 1.165) is 16.8 Å². The fourth-order valence-electron chi connectivity index (χ4n) is 2.67. The Hall–Kier alpha value is -2.55. The number of fused-ring (bicyclic) bond motifs is 1. The summed E-state index contributed by atoms with van der Waals surface area (Å²) < 4.78 is 8.76. The van der Waals surface area contributed by atoms with Crippen molar-refractivity contribution in [2.75, 3.05) is 26.1 Å². The fourth-order valence-corrected chi connectivity index (χ4v) is 3.61. The molecule has 3 aromatic heterocycles. The van der Waals surface area contributed by atoms with Crippen LogP contribution in [0.1, 0.15) is 35.9 Å². The third-order valence-corrected chi connectivity index (χ3v) is 4.83. The summed E-state index contributed by atoms with van der Waals surface area (Å²) in [5.41, 5.74) is 1.90. The maximum Gasteiger partial charge on any atom is 0.341 e. The minimum Gasteiger partial charge on any atom is -0.465 e. The Labute approximate surface area is 156 Å². The Morgan fingerprint density at radius 2 is 2.12 bits per heavy atom. The number of rotatable bonds is 6. The molecule has 0 aliphatic carbocycles. The van der Waals surface area contributed by atoms with Gasteiger partial charge in [0.25, 0.3) is 0 Å². The maximum atomic E-state index is 11.9. The number of carbonyl (C=O) groups excluding carboxylic acids is 1. The molecule has 0 aliphatic rings. The van der Waals surface area contributed by atoms with Crippen LogP contribution in [0.5, 0.6) is 0 Å². The number of methoxy groups -OCH3 is 1. The van der Waals surface area contributed by atoms with Crippen molar-refractivity contribution in [1.29, 1.82) is 0 Å². The standard InChI is InChI=1S/C17H22N6O2S/c1-11(2)23-16(21(3)4)19-20-17(23)26-10-12-9-22-8-6-7-13(14(22)18-12)15(24)25-5/h6-9,11H,10H2,1-5H3. The lowest BCUT2D eigenvalue weighted by Gasteiger charge is -2.17. The molecule has 0 saturated carbocycles. The van der Waals surface area contributed by atoms with Gasteiger partial charge in [-0.2, -0.15) is 0 Å². The van der Waals surface area contributed by atoms with Crippen LogP contribution in [-0.2, 0) is 10.5 Å². The number of pyridine rings is 1. The number of nitrogens with zero attached hydrogens (tertiary/aromatic N) is 6. The normalized spacial score (nSPS) is 11.3. The molecule has 138 valence electrons. The van der Waals surface area contributed by atoms with Gasteiger partial charge in [-0.25, -0.2) is 9.78 Å². The van der Waals surface area contributed by atoms with Crippen molar-refractivity contribution in [3.63, 3.8) is 0 Å². The first-order valence-electron chi connectivity index (χ1n) is 8.22. The largest absolute Gasteiger partial charge is 0.465 e. The zero-order valence-electron chi connectivity index (χ0n) is 15.5. The number of thioether (sulfide) groups is 1. The molecule has 3 aromatic rings. The first-order valence-corrected chi connectivity index (χ1v) is 9.21. The Bertz CT molecular complexity index is 931. The van der Waals surface area contributed by atoms with Gasteiger partial charge in [0, 0.05) is 38.3 Å². The van der Waals surface area contributed by atoms with Gasteiger partial charge in [-0.1, -0.05) is 11.8 Å². The highest BCUT2D eigenvalue weighted by molar-refractivity contribution is 7.98. The smallest absolute Gasteiger partial charge is 0.341 e. The number of carbonyl (C=O) groups is 1. The van der Waals surface area contributed by atoms with Gasteiger partial charge in [-0.05, 0) is 26.0 Å². The number of ether oxygens (including phenoxy) is 1. The second-order valence-electron chi connectivity index (χ2n) is 6.31. The van der Waals surface area contributed by atoms with Gasteiger partial charge in [0.15, 0.2) is 10.8 Å². The summed E-state index contributed by atoms with van der Waals surface area (Å²) in [6.07, 6.45) is 3.78. The molecule has 9 heteroatoms. The van der Waals surface area contributed by atoms with Crippen LogP contribution in [0.2, 0.25) is 0 Å². The lowest BCUT2D eigenvalue weighted by molar-refractivity contribution is 0.0602. The van der Waals surface area contributed by atoms with Crippen LogP contribution >= 0.6 is 11.8 Å². The van der Waals surface area contributed by atoms with E-state index in [-0.39, 0.29) is 6.04 Å². The zero-order chi connectivity index (χ0) is 18.8. The summed E-state index contributed by atoms with van der Waals surface area (Å²) in [4.78, 5) is 18.4.